The van der Waals surface area contributed by atoms with Gasteiger partial charge in [-0.1, -0.05) is 6.07 Å². The first-order chi connectivity index (χ1) is 8.13. The lowest BCUT2D eigenvalue weighted by molar-refractivity contribution is 0.505. The molecular weight excluding hydrogens is 212 g/mol. The number of aromatic nitrogens is 2. The number of hydrogen-bond donors (Lipinski definition) is 0. The third kappa shape index (κ3) is 1.64. The minimum Gasteiger partial charge on any atom is -0.466 e. The second-order valence-electron chi connectivity index (χ2n) is 4.42. The maximum absolute atomic E-state index is 5.54. The molecule has 0 atom stereocenters. The van der Waals surface area contributed by atoms with Crippen molar-refractivity contribution in [2.75, 3.05) is 0 Å². The molecule has 3 heterocycles. The number of fused-ring (bicyclic) bond motifs is 1. The molecule has 3 aromatic heterocycles. The Morgan fingerprint density at radius 2 is 1.94 bits per heavy atom. The van der Waals surface area contributed by atoms with Gasteiger partial charge >= 0.3 is 0 Å². The molecule has 0 N–H and O–H groups in total. The summed E-state index contributed by atoms with van der Waals surface area (Å²) in [6.45, 7) is 6.00. The summed E-state index contributed by atoms with van der Waals surface area (Å²) < 4.78 is 7.59. The predicted octanol–water partition coefficient (Wildman–Crippen LogP) is 3.52. The first kappa shape index (κ1) is 10.1. The summed E-state index contributed by atoms with van der Waals surface area (Å²) in [4.78, 5) is 4.60. The molecule has 0 fully saturated rings. The molecule has 86 valence electrons. The van der Waals surface area contributed by atoms with Gasteiger partial charge < -0.3 is 8.82 Å². The lowest BCUT2D eigenvalue weighted by atomic mass is 10.2. The van der Waals surface area contributed by atoms with Gasteiger partial charge in [0.1, 0.15) is 17.2 Å². The molecule has 3 aromatic rings. The largest absolute Gasteiger partial charge is 0.466 e. The van der Waals surface area contributed by atoms with E-state index in [4.69, 9.17) is 4.42 Å². The Kier molecular flexibility index (Phi) is 2.08. The molecule has 0 aromatic carbocycles. The molecule has 0 bridgehead atoms. The van der Waals surface area contributed by atoms with Gasteiger partial charge in [0.25, 0.3) is 0 Å². The number of imidazole rings is 1. The quantitative estimate of drug-likeness (QED) is 0.635. The number of pyridine rings is 1. The van der Waals surface area contributed by atoms with Gasteiger partial charge in [-0.05, 0) is 38.5 Å². The molecule has 0 saturated carbocycles. The summed E-state index contributed by atoms with van der Waals surface area (Å²) in [6.07, 6.45) is 4.12. The molecule has 17 heavy (non-hydrogen) atoms. The van der Waals surface area contributed by atoms with Crippen LogP contribution in [-0.2, 0) is 0 Å². The van der Waals surface area contributed by atoms with Crippen molar-refractivity contribution < 1.29 is 4.42 Å². The second kappa shape index (κ2) is 3.48. The first-order valence-electron chi connectivity index (χ1n) is 5.66. The van der Waals surface area contributed by atoms with Crippen LogP contribution in [0, 0.1) is 20.8 Å². The van der Waals surface area contributed by atoms with Gasteiger partial charge in [-0.3, -0.25) is 0 Å². The summed E-state index contributed by atoms with van der Waals surface area (Å²) in [5.41, 5.74) is 4.22. The molecule has 0 amide bonds. The molecule has 0 radical (unpaired) electrons. The second-order valence-corrected chi connectivity index (χ2v) is 4.42. The van der Waals surface area contributed by atoms with Gasteiger partial charge in [0.05, 0.1) is 5.69 Å². The number of hydrogen-bond acceptors (Lipinski definition) is 2. The average molecular weight is 226 g/mol. The van der Waals surface area contributed by atoms with E-state index < -0.39 is 0 Å². The van der Waals surface area contributed by atoms with Crippen molar-refractivity contribution in [1.82, 2.24) is 9.38 Å². The van der Waals surface area contributed by atoms with Crippen molar-refractivity contribution in [1.29, 1.82) is 0 Å². The van der Waals surface area contributed by atoms with E-state index in [2.05, 4.69) is 24.2 Å². The lowest BCUT2D eigenvalue weighted by Crippen LogP contribution is -1.82. The summed E-state index contributed by atoms with van der Waals surface area (Å²) in [5.74, 6) is 1.84. The Hall–Kier alpha value is -2.03. The highest BCUT2D eigenvalue weighted by atomic mass is 16.3. The third-order valence-corrected chi connectivity index (χ3v) is 2.92. The van der Waals surface area contributed by atoms with Crippen LogP contribution in [0.2, 0.25) is 0 Å². The minimum absolute atomic E-state index is 0.919. The van der Waals surface area contributed by atoms with Crippen LogP contribution in [-0.4, -0.2) is 9.38 Å². The fraction of sp³-hybridized carbons (Fsp3) is 0.214. The molecule has 0 aliphatic carbocycles. The highest BCUT2D eigenvalue weighted by molar-refractivity contribution is 5.65. The SMILES string of the molecule is Cc1ccc2nc(-c3cc(C)oc3C)cn2c1. The maximum Gasteiger partial charge on any atom is 0.137 e. The maximum atomic E-state index is 5.54. The van der Waals surface area contributed by atoms with E-state index in [1.54, 1.807) is 0 Å². The Balaban J connectivity index is 2.21. The number of furan rings is 1. The van der Waals surface area contributed by atoms with Crippen molar-refractivity contribution in [3.05, 3.63) is 47.7 Å². The summed E-state index contributed by atoms with van der Waals surface area (Å²) in [7, 11) is 0. The highest BCUT2D eigenvalue weighted by Gasteiger charge is 2.10. The molecule has 0 aliphatic heterocycles. The molecule has 0 unspecified atom stereocenters. The first-order valence-corrected chi connectivity index (χ1v) is 5.66. The van der Waals surface area contributed by atoms with Gasteiger partial charge in [-0.2, -0.15) is 0 Å². The summed E-state index contributed by atoms with van der Waals surface area (Å²) in [5, 5.41) is 0. The standard InChI is InChI=1S/C14H14N2O/c1-9-4-5-14-15-13(8-16(14)7-9)12-6-10(2)17-11(12)3/h4-8H,1-3H3. The molecular formula is C14H14N2O. The minimum atomic E-state index is 0.919. The van der Waals surface area contributed by atoms with Gasteiger partial charge in [-0.15, -0.1) is 0 Å². The van der Waals surface area contributed by atoms with Crippen molar-refractivity contribution in [2.24, 2.45) is 0 Å². The summed E-state index contributed by atoms with van der Waals surface area (Å²) >= 11 is 0. The molecule has 0 aliphatic rings. The average Bonchev–Trinajstić information content (AvgIpc) is 2.80. The number of rotatable bonds is 1. The Morgan fingerprint density at radius 1 is 1.12 bits per heavy atom. The van der Waals surface area contributed by atoms with E-state index in [1.165, 1.54) is 5.56 Å². The van der Waals surface area contributed by atoms with Crippen molar-refractivity contribution in [3.63, 3.8) is 0 Å². The van der Waals surface area contributed by atoms with Crippen LogP contribution >= 0.6 is 0 Å². The zero-order valence-corrected chi connectivity index (χ0v) is 10.2. The van der Waals surface area contributed by atoms with Crippen LogP contribution in [0.15, 0.2) is 35.0 Å². The van der Waals surface area contributed by atoms with E-state index >= 15 is 0 Å². The molecule has 3 heteroatoms. The van der Waals surface area contributed by atoms with Gasteiger partial charge in [-0.25, -0.2) is 4.98 Å². The fourth-order valence-electron chi connectivity index (χ4n) is 2.12. The van der Waals surface area contributed by atoms with E-state index in [1.807, 2.05) is 36.6 Å². The van der Waals surface area contributed by atoms with Crippen LogP contribution in [0.4, 0.5) is 0 Å². The number of nitrogens with zero attached hydrogens (tertiary/aromatic N) is 2. The molecule has 0 spiro atoms. The van der Waals surface area contributed by atoms with Gasteiger partial charge in [0.15, 0.2) is 0 Å². The van der Waals surface area contributed by atoms with Crippen LogP contribution in [0.3, 0.4) is 0 Å². The van der Waals surface area contributed by atoms with Gasteiger partial charge in [0, 0.05) is 18.0 Å². The van der Waals surface area contributed by atoms with E-state index in [0.29, 0.717) is 0 Å². The molecule has 0 saturated heterocycles. The van der Waals surface area contributed by atoms with E-state index in [9.17, 15) is 0 Å². The third-order valence-electron chi connectivity index (χ3n) is 2.92. The molecule has 3 rings (SSSR count). The summed E-state index contributed by atoms with van der Waals surface area (Å²) in [6, 6.07) is 6.13. The predicted molar refractivity (Wildman–Crippen MR) is 67.1 cm³/mol. The normalized spacial score (nSPS) is 11.2. The van der Waals surface area contributed by atoms with Gasteiger partial charge in [0.2, 0.25) is 0 Å². The molecule has 3 nitrogen and oxygen atoms in total. The van der Waals surface area contributed by atoms with Crippen molar-refractivity contribution in [3.8, 4) is 11.3 Å². The Bertz CT molecular complexity index is 691. The van der Waals surface area contributed by atoms with Crippen LogP contribution in [0.1, 0.15) is 17.1 Å². The monoisotopic (exact) mass is 226 g/mol. The van der Waals surface area contributed by atoms with Crippen LogP contribution in [0.25, 0.3) is 16.9 Å². The van der Waals surface area contributed by atoms with Crippen molar-refractivity contribution >= 4 is 5.65 Å². The van der Waals surface area contributed by atoms with Crippen molar-refractivity contribution in [2.45, 2.75) is 20.8 Å². The number of aryl methyl sites for hydroxylation is 3. The smallest absolute Gasteiger partial charge is 0.137 e. The Morgan fingerprint density at radius 3 is 2.65 bits per heavy atom. The Labute approximate surface area is 99.7 Å². The fourth-order valence-corrected chi connectivity index (χ4v) is 2.12. The highest BCUT2D eigenvalue weighted by Crippen LogP contribution is 2.26. The van der Waals surface area contributed by atoms with E-state index in [0.717, 1.165) is 28.4 Å². The van der Waals surface area contributed by atoms with E-state index in [-0.39, 0.29) is 0 Å². The zero-order chi connectivity index (χ0) is 12.0. The lowest BCUT2D eigenvalue weighted by Gasteiger charge is -1.93. The topological polar surface area (TPSA) is 30.4 Å². The van der Waals surface area contributed by atoms with Crippen LogP contribution < -0.4 is 0 Å². The van der Waals surface area contributed by atoms with Crippen LogP contribution in [0.5, 0.6) is 0 Å². The zero-order valence-electron chi connectivity index (χ0n) is 10.2.